The summed E-state index contributed by atoms with van der Waals surface area (Å²) in [5.74, 6) is 1.67. The molecular formula is C21H29N3O2. The van der Waals surface area contributed by atoms with Crippen LogP contribution in [-0.4, -0.2) is 33.3 Å². The Morgan fingerprint density at radius 1 is 1.04 bits per heavy atom. The molecule has 0 atom stereocenters. The zero-order chi connectivity index (χ0) is 18.6. The standard InChI is InChI=1S/C21H29N3O2/c1-17-7-4-5-8-19(17)15-24-21(22-2)23-13-6-14-26-16-18-9-11-20(25-3)12-10-18/h4-5,7-12H,6,13-16H2,1-3H3,(H2,22,23,24). The first-order chi connectivity index (χ1) is 12.7. The van der Waals surface area contributed by atoms with E-state index in [1.54, 1.807) is 14.2 Å². The second kappa shape index (κ2) is 11.2. The fourth-order valence-corrected chi connectivity index (χ4v) is 2.50. The summed E-state index contributed by atoms with van der Waals surface area (Å²) < 4.78 is 10.9. The fourth-order valence-electron chi connectivity index (χ4n) is 2.50. The number of nitrogens with one attached hydrogen (secondary N) is 2. The van der Waals surface area contributed by atoms with Gasteiger partial charge in [0.05, 0.1) is 13.7 Å². The van der Waals surface area contributed by atoms with E-state index >= 15 is 0 Å². The van der Waals surface area contributed by atoms with Crippen molar-refractivity contribution in [3.63, 3.8) is 0 Å². The van der Waals surface area contributed by atoms with Crippen LogP contribution in [0.1, 0.15) is 23.1 Å². The lowest BCUT2D eigenvalue weighted by atomic mass is 10.1. The highest BCUT2D eigenvalue weighted by Gasteiger charge is 2.00. The molecule has 2 aromatic rings. The Balaban J connectivity index is 1.59. The molecule has 2 N–H and O–H groups in total. The fraction of sp³-hybridized carbons (Fsp3) is 0.381. The van der Waals surface area contributed by atoms with Crippen molar-refractivity contribution in [2.24, 2.45) is 4.99 Å². The molecule has 0 radical (unpaired) electrons. The molecule has 0 saturated carbocycles. The van der Waals surface area contributed by atoms with Gasteiger partial charge in [0.1, 0.15) is 5.75 Å². The third kappa shape index (κ3) is 6.76. The minimum atomic E-state index is 0.615. The summed E-state index contributed by atoms with van der Waals surface area (Å²) in [5, 5.41) is 6.66. The van der Waals surface area contributed by atoms with Gasteiger partial charge in [-0.2, -0.15) is 0 Å². The second-order valence-corrected chi connectivity index (χ2v) is 6.03. The Hall–Kier alpha value is -2.53. The van der Waals surface area contributed by atoms with Crippen LogP contribution in [0, 0.1) is 6.92 Å². The molecule has 0 fully saturated rings. The lowest BCUT2D eigenvalue weighted by Gasteiger charge is -2.13. The number of methoxy groups -OCH3 is 1. The van der Waals surface area contributed by atoms with E-state index < -0.39 is 0 Å². The number of ether oxygens (including phenoxy) is 2. The van der Waals surface area contributed by atoms with Gasteiger partial charge in [0.15, 0.2) is 5.96 Å². The lowest BCUT2D eigenvalue weighted by Crippen LogP contribution is -2.37. The molecule has 0 amide bonds. The highest BCUT2D eigenvalue weighted by molar-refractivity contribution is 5.79. The van der Waals surface area contributed by atoms with Crippen molar-refractivity contribution in [3.8, 4) is 5.75 Å². The van der Waals surface area contributed by atoms with Crippen LogP contribution in [0.15, 0.2) is 53.5 Å². The Morgan fingerprint density at radius 2 is 1.81 bits per heavy atom. The number of aliphatic imine (C=N–C) groups is 1. The highest BCUT2D eigenvalue weighted by Crippen LogP contribution is 2.11. The maximum absolute atomic E-state index is 5.71. The Labute approximate surface area is 156 Å². The second-order valence-electron chi connectivity index (χ2n) is 6.03. The van der Waals surface area contributed by atoms with E-state index in [9.17, 15) is 0 Å². The molecule has 0 spiro atoms. The number of nitrogens with zero attached hydrogens (tertiary/aromatic N) is 1. The molecule has 140 valence electrons. The SMILES string of the molecule is CN=C(NCCCOCc1ccc(OC)cc1)NCc1ccccc1C. The molecule has 26 heavy (non-hydrogen) atoms. The van der Waals surface area contributed by atoms with Gasteiger partial charge in [-0.3, -0.25) is 4.99 Å². The summed E-state index contributed by atoms with van der Waals surface area (Å²) in [6.45, 7) is 5.02. The maximum atomic E-state index is 5.71. The van der Waals surface area contributed by atoms with Crippen molar-refractivity contribution < 1.29 is 9.47 Å². The van der Waals surface area contributed by atoms with E-state index in [1.165, 1.54) is 11.1 Å². The van der Waals surface area contributed by atoms with Crippen molar-refractivity contribution in [3.05, 3.63) is 65.2 Å². The molecule has 0 bridgehead atoms. The summed E-state index contributed by atoms with van der Waals surface area (Å²) >= 11 is 0. The van der Waals surface area contributed by atoms with E-state index in [1.807, 2.05) is 24.3 Å². The zero-order valence-corrected chi connectivity index (χ0v) is 15.9. The molecule has 2 aromatic carbocycles. The number of aryl methyl sites for hydroxylation is 1. The Bertz CT molecular complexity index is 684. The van der Waals surface area contributed by atoms with Crippen LogP contribution in [0.25, 0.3) is 0 Å². The lowest BCUT2D eigenvalue weighted by molar-refractivity contribution is 0.119. The van der Waals surface area contributed by atoms with Gasteiger partial charge in [0, 0.05) is 26.7 Å². The van der Waals surface area contributed by atoms with E-state index in [0.717, 1.165) is 36.8 Å². The first kappa shape index (κ1) is 19.8. The van der Waals surface area contributed by atoms with Crippen molar-refractivity contribution in [1.29, 1.82) is 0 Å². The maximum Gasteiger partial charge on any atom is 0.191 e. The quantitative estimate of drug-likeness (QED) is 0.412. The summed E-state index contributed by atoms with van der Waals surface area (Å²) in [6, 6.07) is 16.3. The topological polar surface area (TPSA) is 54.9 Å². The van der Waals surface area contributed by atoms with Crippen LogP contribution in [0.4, 0.5) is 0 Å². The first-order valence-electron chi connectivity index (χ1n) is 8.92. The summed E-state index contributed by atoms with van der Waals surface area (Å²) in [5.41, 5.74) is 3.70. The van der Waals surface area contributed by atoms with Gasteiger partial charge >= 0.3 is 0 Å². The zero-order valence-electron chi connectivity index (χ0n) is 15.9. The Morgan fingerprint density at radius 3 is 2.50 bits per heavy atom. The summed E-state index contributed by atoms with van der Waals surface area (Å²) in [4.78, 5) is 4.26. The molecule has 0 saturated heterocycles. The third-order valence-electron chi connectivity index (χ3n) is 4.12. The molecular weight excluding hydrogens is 326 g/mol. The molecule has 0 aliphatic heterocycles. The van der Waals surface area contributed by atoms with Gasteiger partial charge in [-0.25, -0.2) is 0 Å². The van der Waals surface area contributed by atoms with Crippen LogP contribution in [0.5, 0.6) is 5.75 Å². The predicted molar refractivity (Wildman–Crippen MR) is 107 cm³/mol. The normalized spacial score (nSPS) is 11.3. The minimum absolute atomic E-state index is 0.615. The van der Waals surface area contributed by atoms with Crippen LogP contribution >= 0.6 is 0 Å². The number of guanidine groups is 1. The molecule has 0 unspecified atom stereocenters. The van der Waals surface area contributed by atoms with Crippen molar-refractivity contribution in [1.82, 2.24) is 10.6 Å². The van der Waals surface area contributed by atoms with Gasteiger partial charge in [0.25, 0.3) is 0 Å². The summed E-state index contributed by atoms with van der Waals surface area (Å²) in [7, 11) is 3.45. The average Bonchev–Trinajstić information content (AvgIpc) is 2.68. The molecule has 0 aliphatic rings. The predicted octanol–water partition coefficient (Wildman–Crippen LogP) is 3.28. The van der Waals surface area contributed by atoms with Crippen molar-refractivity contribution in [2.45, 2.75) is 26.5 Å². The number of hydrogen-bond acceptors (Lipinski definition) is 3. The van der Waals surface area contributed by atoms with Gasteiger partial charge < -0.3 is 20.1 Å². The van der Waals surface area contributed by atoms with Gasteiger partial charge in [-0.1, -0.05) is 36.4 Å². The molecule has 0 heterocycles. The van der Waals surface area contributed by atoms with E-state index in [-0.39, 0.29) is 0 Å². The first-order valence-corrected chi connectivity index (χ1v) is 8.92. The van der Waals surface area contributed by atoms with E-state index in [4.69, 9.17) is 9.47 Å². The molecule has 5 nitrogen and oxygen atoms in total. The van der Waals surface area contributed by atoms with E-state index in [0.29, 0.717) is 13.2 Å². The summed E-state index contributed by atoms with van der Waals surface area (Å²) in [6.07, 6.45) is 0.918. The monoisotopic (exact) mass is 355 g/mol. The molecule has 5 heteroatoms. The number of rotatable bonds is 9. The van der Waals surface area contributed by atoms with Crippen LogP contribution < -0.4 is 15.4 Å². The van der Waals surface area contributed by atoms with Crippen LogP contribution in [0.3, 0.4) is 0 Å². The largest absolute Gasteiger partial charge is 0.497 e. The van der Waals surface area contributed by atoms with Crippen LogP contribution in [-0.2, 0) is 17.9 Å². The van der Waals surface area contributed by atoms with Crippen molar-refractivity contribution in [2.75, 3.05) is 27.3 Å². The average molecular weight is 355 g/mol. The number of benzene rings is 2. The molecule has 0 aromatic heterocycles. The Kier molecular flexibility index (Phi) is 8.49. The molecule has 2 rings (SSSR count). The van der Waals surface area contributed by atoms with E-state index in [2.05, 4.69) is 46.8 Å². The van der Waals surface area contributed by atoms with Gasteiger partial charge in [-0.05, 0) is 42.2 Å². The highest BCUT2D eigenvalue weighted by atomic mass is 16.5. The van der Waals surface area contributed by atoms with Gasteiger partial charge in [-0.15, -0.1) is 0 Å². The smallest absolute Gasteiger partial charge is 0.191 e. The van der Waals surface area contributed by atoms with Crippen molar-refractivity contribution >= 4 is 5.96 Å². The minimum Gasteiger partial charge on any atom is -0.497 e. The van der Waals surface area contributed by atoms with Crippen LogP contribution in [0.2, 0.25) is 0 Å². The number of hydrogen-bond donors (Lipinski definition) is 2. The third-order valence-corrected chi connectivity index (χ3v) is 4.12. The molecule has 0 aliphatic carbocycles. The van der Waals surface area contributed by atoms with Gasteiger partial charge in [0.2, 0.25) is 0 Å².